The van der Waals surface area contributed by atoms with Crippen LogP contribution in [0.2, 0.25) is 0 Å². The molecule has 0 unspecified atom stereocenters. The summed E-state index contributed by atoms with van der Waals surface area (Å²) < 4.78 is 5.48. The lowest BCUT2D eigenvalue weighted by Gasteiger charge is -2.41. The van der Waals surface area contributed by atoms with Crippen LogP contribution in [0.4, 0.5) is 0 Å². The SMILES string of the molecule is Cc1ccccc1[C@]1(CC(=O)N2CCC(N3CCOCC3)CC2)CC(=O)N(C2CCCC2)C1=O. The molecular formula is C27H37N3O4. The van der Waals surface area contributed by atoms with Gasteiger partial charge in [0.15, 0.2) is 0 Å². The number of carbonyl (C=O) groups excluding carboxylic acids is 3. The zero-order chi connectivity index (χ0) is 23.7. The fourth-order valence-corrected chi connectivity index (χ4v) is 6.64. The first-order valence-corrected chi connectivity index (χ1v) is 13.0. The number of amides is 3. The smallest absolute Gasteiger partial charge is 0.241 e. The van der Waals surface area contributed by atoms with Crippen LogP contribution in [0.1, 0.15) is 62.5 Å². The number of hydrogen-bond donors (Lipinski definition) is 0. The molecule has 1 aromatic carbocycles. The van der Waals surface area contributed by atoms with Crippen LogP contribution in [-0.4, -0.2) is 83.9 Å². The molecule has 0 bridgehead atoms. The summed E-state index contributed by atoms with van der Waals surface area (Å²) in [6.45, 7) is 6.88. The molecule has 3 aliphatic heterocycles. The molecule has 1 aliphatic carbocycles. The number of rotatable bonds is 5. The minimum Gasteiger partial charge on any atom is -0.379 e. The average Bonchev–Trinajstić information content (AvgIpc) is 3.46. The molecule has 4 fully saturated rings. The molecule has 1 atom stereocenters. The van der Waals surface area contributed by atoms with Gasteiger partial charge in [-0.1, -0.05) is 37.1 Å². The van der Waals surface area contributed by atoms with Gasteiger partial charge >= 0.3 is 0 Å². The van der Waals surface area contributed by atoms with Crippen molar-refractivity contribution in [1.29, 1.82) is 0 Å². The maximum atomic E-state index is 14.0. The van der Waals surface area contributed by atoms with Gasteiger partial charge in [-0.05, 0) is 43.7 Å². The molecule has 0 spiro atoms. The van der Waals surface area contributed by atoms with Crippen LogP contribution in [0.25, 0.3) is 0 Å². The third-order valence-electron chi connectivity index (χ3n) is 8.53. The summed E-state index contributed by atoms with van der Waals surface area (Å²) in [7, 11) is 0. The molecule has 34 heavy (non-hydrogen) atoms. The molecular weight excluding hydrogens is 430 g/mol. The molecule has 0 radical (unpaired) electrons. The van der Waals surface area contributed by atoms with E-state index < -0.39 is 5.41 Å². The van der Waals surface area contributed by atoms with E-state index in [-0.39, 0.29) is 36.6 Å². The van der Waals surface area contributed by atoms with Gasteiger partial charge in [-0.3, -0.25) is 24.2 Å². The number of hydrogen-bond acceptors (Lipinski definition) is 5. The summed E-state index contributed by atoms with van der Waals surface area (Å²) in [6, 6.07) is 8.26. The summed E-state index contributed by atoms with van der Waals surface area (Å²) in [5.41, 5.74) is 0.726. The molecule has 7 nitrogen and oxygen atoms in total. The summed E-state index contributed by atoms with van der Waals surface area (Å²) in [6.07, 6.45) is 5.94. The van der Waals surface area contributed by atoms with Gasteiger partial charge in [0.2, 0.25) is 17.7 Å². The highest BCUT2D eigenvalue weighted by Gasteiger charge is 2.56. The molecule has 3 amide bonds. The van der Waals surface area contributed by atoms with Crippen molar-refractivity contribution in [2.75, 3.05) is 39.4 Å². The zero-order valence-electron chi connectivity index (χ0n) is 20.3. The Morgan fingerprint density at radius 3 is 2.32 bits per heavy atom. The molecule has 0 N–H and O–H groups in total. The first kappa shape index (κ1) is 23.5. The molecule has 3 heterocycles. The van der Waals surface area contributed by atoms with Crippen LogP contribution in [0.5, 0.6) is 0 Å². The molecule has 0 aromatic heterocycles. The lowest BCUT2D eigenvalue weighted by Crippen LogP contribution is -2.51. The van der Waals surface area contributed by atoms with E-state index in [1.807, 2.05) is 36.1 Å². The van der Waals surface area contributed by atoms with Crippen LogP contribution in [0.15, 0.2) is 24.3 Å². The third-order valence-corrected chi connectivity index (χ3v) is 8.53. The summed E-state index contributed by atoms with van der Waals surface area (Å²) in [5.74, 6) is -0.271. The molecule has 5 rings (SSSR count). The van der Waals surface area contributed by atoms with Crippen molar-refractivity contribution in [3.8, 4) is 0 Å². The van der Waals surface area contributed by atoms with E-state index in [4.69, 9.17) is 4.74 Å². The fourth-order valence-electron chi connectivity index (χ4n) is 6.64. The van der Waals surface area contributed by atoms with Crippen LogP contribution >= 0.6 is 0 Å². The van der Waals surface area contributed by atoms with Gasteiger partial charge in [0, 0.05) is 51.1 Å². The topological polar surface area (TPSA) is 70.2 Å². The lowest BCUT2D eigenvalue weighted by atomic mass is 9.73. The number of morpholine rings is 1. The maximum Gasteiger partial charge on any atom is 0.241 e. The second kappa shape index (κ2) is 9.78. The molecule has 3 saturated heterocycles. The van der Waals surface area contributed by atoms with E-state index in [0.717, 1.165) is 76.0 Å². The number of carbonyl (C=O) groups is 3. The van der Waals surface area contributed by atoms with Gasteiger partial charge in [0.05, 0.1) is 18.6 Å². The van der Waals surface area contributed by atoms with Crippen LogP contribution < -0.4 is 0 Å². The van der Waals surface area contributed by atoms with Crippen molar-refractivity contribution >= 4 is 17.7 Å². The first-order chi connectivity index (χ1) is 16.5. The zero-order valence-corrected chi connectivity index (χ0v) is 20.3. The Balaban J connectivity index is 1.35. The predicted molar refractivity (Wildman–Crippen MR) is 128 cm³/mol. The van der Waals surface area contributed by atoms with Crippen molar-refractivity contribution in [3.63, 3.8) is 0 Å². The summed E-state index contributed by atoms with van der Waals surface area (Å²) >= 11 is 0. The first-order valence-electron chi connectivity index (χ1n) is 13.0. The van der Waals surface area contributed by atoms with Crippen molar-refractivity contribution in [2.45, 2.75) is 75.8 Å². The second-order valence-corrected chi connectivity index (χ2v) is 10.5. The van der Waals surface area contributed by atoms with Gasteiger partial charge in [-0.15, -0.1) is 0 Å². The van der Waals surface area contributed by atoms with E-state index in [1.165, 1.54) is 4.90 Å². The molecule has 7 heteroatoms. The van der Waals surface area contributed by atoms with E-state index in [0.29, 0.717) is 19.1 Å². The Hall–Kier alpha value is -2.25. The van der Waals surface area contributed by atoms with Crippen molar-refractivity contribution in [1.82, 2.24) is 14.7 Å². The number of imide groups is 1. The Morgan fingerprint density at radius 2 is 1.65 bits per heavy atom. The molecule has 184 valence electrons. The van der Waals surface area contributed by atoms with E-state index in [1.54, 1.807) is 0 Å². The third kappa shape index (κ3) is 4.29. The van der Waals surface area contributed by atoms with Gasteiger partial charge < -0.3 is 9.64 Å². The van der Waals surface area contributed by atoms with Gasteiger partial charge in [-0.2, -0.15) is 0 Å². The van der Waals surface area contributed by atoms with Gasteiger partial charge in [0.25, 0.3) is 0 Å². The fraction of sp³-hybridized carbons (Fsp3) is 0.667. The molecule has 1 aromatic rings. The number of likely N-dealkylation sites (tertiary alicyclic amines) is 2. The standard InChI is InChI=1S/C27H37N3O4/c1-20-6-2-5-9-23(20)27(19-25(32)30(26(27)33)22-7-3-4-8-22)18-24(31)29-12-10-21(11-13-29)28-14-16-34-17-15-28/h2,5-6,9,21-22H,3-4,7-8,10-19H2,1H3/t27-/m0/s1. The number of aryl methyl sites for hydroxylation is 1. The highest BCUT2D eigenvalue weighted by Crippen LogP contribution is 2.44. The van der Waals surface area contributed by atoms with Crippen molar-refractivity contribution in [3.05, 3.63) is 35.4 Å². The Kier molecular flexibility index (Phi) is 6.76. The summed E-state index contributed by atoms with van der Waals surface area (Å²) in [4.78, 5) is 46.7. The number of nitrogens with zero attached hydrogens (tertiary/aromatic N) is 3. The maximum absolute atomic E-state index is 14.0. The van der Waals surface area contributed by atoms with Crippen LogP contribution in [-0.2, 0) is 24.5 Å². The van der Waals surface area contributed by atoms with Gasteiger partial charge in [0.1, 0.15) is 0 Å². The van der Waals surface area contributed by atoms with Crippen LogP contribution in [0.3, 0.4) is 0 Å². The average molecular weight is 468 g/mol. The number of benzene rings is 1. The Bertz CT molecular complexity index is 930. The molecule has 4 aliphatic rings. The van der Waals surface area contributed by atoms with Crippen molar-refractivity contribution in [2.24, 2.45) is 0 Å². The van der Waals surface area contributed by atoms with Crippen molar-refractivity contribution < 1.29 is 19.1 Å². The van der Waals surface area contributed by atoms with E-state index in [9.17, 15) is 14.4 Å². The highest BCUT2D eigenvalue weighted by molar-refractivity contribution is 6.11. The highest BCUT2D eigenvalue weighted by atomic mass is 16.5. The minimum atomic E-state index is -1.08. The Morgan fingerprint density at radius 1 is 0.971 bits per heavy atom. The molecule has 1 saturated carbocycles. The summed E-state index contributed by atoms with van der Waals surface area (Å²) in [5, 5.41) is 0. The second-order valence-electron chi connectivity index (χ2n) is 10.5. The predicted octanol–water partition coefficient (Wildman–Crippen LogP) is 2.65. The lowest BCUT2D eigenvalue weighted by molar-refractivity contribution is -0.145. The number of piperidine rings is 1. The minimum absolute atomic E-state index is 0.00176. The van der Waals surface area contributed by atoms with Crippen LogP contribution in [0, 0.1) is 6.92 Å². The normalized spacial score (nSPS) is 27.7. The monoisotopic (exact) mass is 467 g/mol. The van der Waals surface area contributed by atoms with E-state index >= 15 is 0 Å². The number of ether oxygens (including phenoxy) is 1. The quantitative estimate of drug-likeness (QED) is 0.623. The largest absolute Gasteiger partial charge is 0.379 e. The van der Waals surface area contributed by atoms with E-state index in [2.05, 4.69) is 4.90 Å². The Labute approximate surface area is 202 Å². The van der Waals surface area contributed by atoms with Gasteiger partial charge in [-0.25, -0.2) is 0 Å².